The lowest BCUT2D eigenvalue weighted by atomic mass is 9.80. The molecule has 5 atom stereocenters. The minimum atomic E-state index is -0.549. The Morgan fingerprint density at radius 3 is 2.79 bits per heavy atom. The summed E-state index contributed by atoms with van der Waals surface area (Å²) in [6.07, 6.45) is 2.99. The molecule has 7 nitrogen and oxygen atoms in total. The third-order valence-electron chi connectivity index (χ3n) is 6.28. The lowest BCUT2D eigenvalue weighted by molar-refractivity contribution is -0.123. The Bertz CT molecular complexity index is 920. The van der Waals surface area contributed by atoms with Gasteiger partial charge in [-0.1, -0.05) is 12.1 Å². The van der Waals surface area contributed by atoms with E-state index in [0.29, 0.717) is 12.0 Å². The van der Waals surface area contributed by atoms with Crippen molar-refractivity contribution < 1.29 is 9.18 Å². The van der Waals surface area contributed by atoms with Crippen LogP contribution < -0.4 is 16.4 Å². The number of amides is 1. The molecule has 1 heterocycles. The van der Waals surface area contributed by atoms with Crippen molar-refractivity contribution in [1.82, 2.24) is 14.9 Å². The molecule has 0 spiro atoms. The Morgan fingerprint density at radius 2 is 2.10 bits per heavy atom. The molecule has 29 heavy (non-hydrogen) atoms. The second-order valence-corrected chi connectivity index (χ2v) is 8.41. The van der Waals surface area contributed by atoms with Gasteiger partial charge >= 0.3 is 0 Å². The Balaban J connectivity index is 1.58. The normalized spacial score (nSPS) is 28.0. The summed E-state index contributed by atoms with van der Waals surface area (Å²) in [6, 6.07) is 7.87. The zero-order valence-corrected chi connectivity index (χ0v) is 16.9. The van der Waals surface area contributed by atoms with Crippen LogP contribution in [0.4, 0.5) is 21.8 Å². The van der Waals surface area contributed by atoms with Crippen LogP contribution in [0.25, 0.3) is 0 Å². The highest BCUT2D eigenvalue weighted by Gasteiger charge is 2.55. The van der Waals surface area contributed by atoms with E-state index < -0.39 is 5.82 Å². The van der Waals surface area contributed by atoms with Crippen LogP contribution in [0.2, 0.25) is 0 Å². The number of aryl methyl sites for hydroxylation is 1. The second-order valence-electron chi connectivity index (χ2n) is 8.41. The monoisotopic (exact) mass is 398 g/mol. The van der Waals surface area contributed by atoms with E-state index in [0.717, 1.165) is 30.3 Å². The molecule has 2 aromatic rings. The van der Waals surface area contributed by atoms with Crippen molar-refractivity contribution >= 4 is 23.4 Å². The highest BCUT2D eigenvalue weighted by Crippen LogP contribution is 2.50. The number of halogens is 1. The van der Waals surface area contributed by atoms with E-state index in [2.05, 4.69) is 25.5 Å². The Labute approximate surface area is 169 Å². The Hall–Kier alpha value is -2.74. The van der Waals surface area contributed by atoms with Gasteiger partial charge in [0, 0.05) is 17.8 Å². The van der Waals surface area contributed by atoms with Crippen LogP contribution in [0.3, 0.4) is 0 Å². The fourth-order valence-corrected chi connectivity index (χ4v) is 5.06. The van der Waals surface area contributed by atoms with Gasteiger partial charge in [-0.05, 0) is 63.4 Å². The van der Waals surface area contributed by atoms with Crippen LogP contribution in [0.15, 0.2) is 30.5 Å². The standard InChI is InChI=1S/C21H27FN6O/c1-11-5-4-6-13(7-11)25-21-24-10-15(22)20(27-21)26-18-14-8-12(17(18)19(23)29)9-16(14)28(2)3/h4-7,10,12,14,16-18H,8-9H2,1-3H3,(H2,23,29)(H2,24,25,26,27)/t12-,14+,16?,17-,18+/m0/s1. The fourth-order valence-electron chi connectivity index (χ4n) is 5.06. The summed E-state index contributed by atoms with van der Waals surface area (Å²) in [5.74, 6) is -0.378. The maximum absolute atomic E-state index is 14.5. The van der Waals surface area contributed by atoms with E-state index in [1.54, 1.807) is 0 Å². The summed E-state index contributed by atoms with van der Waals surface area (Å²) in [5.41, 5.74) is 7.62. The molecule has 0 radical (unpaired) electrons. The maximum atomic E-state index is 14.5. The number of carbonyl (C=O) groups excluding carboxylic acids is 1. The molecule has 154 valence electrons. The number of hydrogen-bond donors (Lipinski definition) is 3. The van der Waals surface area contributed by atoms with Crippen LogP contribution in [0.5, 0.6) is 0 Å². The minimum absolute atomic E-state index is 0.0939. The van der Waals surface area contributed by atoms with Crippen LogP contribution in [-0.2, 0) is 4.79 Å². The zero-order valence-electron chi connectivity index (χ0n) is 16.9. The SMILES string of the molecule is Cc1cccc(Nc2ncc(F)c(N[C@H]3[C@@H](C(N)=O)[C@@H]4CC(N(C)C)[C@H]3C4)n2)c1. The van der Waals surface area contributed by atoms with Crippen molar-refractivity contribution in [2.75, 3.05) is 24.7 Å². The van der Waals surface area contributed by atoms with Crippen LogP contribution in [-0.4, -0.2) is 47.0 Å². The molecule has 2 aliphatic carbocycles. The van der Waals surface area contributed by atoms with Crippen molar-refractivity contribution in [3.05, 3.63) is 41.8 Å². The molecule has 1 aromatic heterocycles. The molecular formula is C21H27FN6O. The third kappa shape index (κ3) is 3.76. The molecule has 4 rings (SSSR count). The number of aromatic nitrogens is 2. The molecule has 2 bridgehead atoms. The van der Waals surface area contributed by atoms with Crippen molar-refractivity contribution in [3.63, 3.8) is 0 Å². The number of benzene rings is 1. The van der Waals surface area contributed by atoms with Crippen LogP contribution in [0.1, 0.15) is 18.4 Å². The number of nitrogens with zero attached hydrogens (tertiary/aromatic N) is 3. The van der Waals surface area contributed by atoms with Gasteiger partial charge in [0.1, 0.15) is 0 Å². The van der Waals surface area contributed by atoms with Gasteiger partial charge in [0.15, 0.2) is 11.6 Å². The number of nitrogens with one attached hydrogen (secondary N) is 2. The first-order valence-electron chi connectivity index (χ1n) is 9.92. The molecule has 0 saturated heterocycles. The van der Waals surface area contributed by atoms with Crippen molar-refractivity contribution in [1.29, 1.82) is 0 Å². The van der Waals surface area contributed by atoms with E-state index >= 15 is 0 Å². The number of fused-ring (bicyclic) bond motifs is 2. The van der Waals surface area contributed by atoms with Crippen molar-refractivity contribution in [2.45, 2.75) is 31.8 Å². The quantitative estimate of drug-likeness (QED) is 0.692. The Morgan fingerprint density at radius 1 is 1.31 bits per heavy atom. The zero-order chi connectivity index (χ0) is 20.7. The molecule has 1 aromatic carbocycles. The fraction of sp³-hybridized carbons (Fsp3) is 0.476. The van der Waals surface area contributed by atoms with E-state index in [-0.39, 0.29) is 35.5 Å². The molecule has 0 aliphatic heterocycles. The summed E-state index contributed by atoms with van der Waals surface area (Å²) in [7, 11) is 4.08. The van der Waals surface area contributed by atoms with Crippen molar-refractivity contribution in [3.8, 4) is 0 Å². The highest BCUT2D eigenvalue weighted by molar-refractivity contribution is 5.79. The number of carbonyl (C=O) groups is 1. The highest BCUT2D eigenvalue weighted by atomic mass is 19.1. The molecule has 2 fully saturated rings. The number of primary amides is 1. The Kier molecular flexibility index (Phi) is 5.12. The first-order chi connectivity index (χ1) is 13.8. The smallest absolute Gasteiger partial charge is 0.229 e. The van der Waals surface area contributed by atoms with Crippen LogP contribution >= 0.6 is 0 Å². The van der Waals surface area contributed by atoms with E-state index in [1.165, 1.54) is 0 Å². The lowest BCUT2D eigenvalue weighted by Crippen LogP contribution is -2.50. The van der Waals surface area contributed by atoms with Gasteiger partial charge in [0.05, 0.1) is 12.1 Å². The van der Waals surface area contributed by atoms with Gasteiger partial charge in [-0.2, -0.15) is 4.98 Å². The van der Waals surface area contributed by atoms with Gasteiger partial charge < -0.3 is 21.3 Å². The average molecular weight is 398 g/mol. The van der Waals surface area contributed by atoms with Crippen LogP contribution in [0, 0.1) is 30.5 Å². The van der Waals surface area contributed by atoms with Gasteiger partial charge in [-0.3, -0.25) is 4.79 Å². The first-order valence-corrected chi connectivity index (χ1v) is 9.92. The molecule has 2 aliphatic rings. The molecule has 4 N–H and O–H groups in total. The summed E-state index contributed by atoms with van der Waals surface area (Å²) in [4.78, 5) is 22.7. The summed E-state index contributed by atoms with van der Waals surface area (Å²) >= 11 is 0. The van der Waals surface area contributed by atoms with E-state index in [4.69, 9.17) is 5.73 Å². The summed E-state index contributed by atoms with van der Waals surface area (Å²) < 4.78 is 14.5. The number of rotatable bonds is 6. The second kappa shape index (κ2) is 7.59. The summed E-state index contributed by atoms with van der Waals surface area (Å²) in [6.45, 7) is 1.99. The topological polar surface area (TPSA) is 96.2 Å². The molecule has 8 heteroatoms. The average Bonchev–Trinajstić information content (AvgIpc) is 3.23. The number of nitrogens with two attached hydrogens (primary N) is 1. The van der Waals surface area contributed by atoms with Gasteiger partial charge in [-0.15, -0.1) is 0 Å². The molecule has 2 saturated carbocycles. The maximum Gasteiger partial charge on any atom is 0.229 e. The lowest BCUT2D eigenvalue weighted by Gasteiger charge is -2.38. The minimum Gasteiger partial charge on any atom is -0.369 e. The predicted octanol–water partition coefficient (Wildman–Crippen LogP) is 2.52. The third-order valence-corrected chi connectivity index (χ3v) is 6.28. The van der Waals surface area contributed by atoms with E-state index in [9.17, 15) is 9.18 Å². The van der Waals surface area contributed by atoms with E-state index in [1.807, 2.05) is 45.3 Å². The molecular weight excluding hydrogens is 371 g/mol. The number of anilines is 3. The largest absolute Gasteiger partial charge is 0.369 e. The molecule has 1 amide bonds. The predicted molar refractivity (Wildman–Crippen MR) is 110 cm³/mol. The first kappa shape index (κ1) is 19.6. The molecule has 1 unspecified atom stereocenters. The van der Waals surface area contributed by atoms with Gasteiger partial charge in [0.2, 0.25) is 11.9 Å². The summed E-state index contributed by atoms with van der Waals surface area (Å²) in [5, 5.41) is 6.30. The van der Waals surface area contributed by atoms with Gasteiger partial charge in [0.25, 0.3) is 0 Å². The van der Waals surface area contributed by atoms with Gasteiger partial charge in [-0.25, -0.2) is 9.37 Å². The van der Waals surface area contributed by atoms with Crippen molar-refractivity contribution in [2.24, 2.45) is 23.5 Å². The number of hydrogen-bond acceptors (Lipinski definition) is 6.